The highest BCUT2D eigenvalue weighted by atomic mass is 32.2. The van der Waals surface area contributed by atoms with Crippen LogP contribution in [-0.2, 0) is 21.2 Å². The maximum atomic E-state index is 12.4. The van der Waals surface area contributed by atoms with Crippen LogP contribution in [0.1, 0.15) is 30.1 Å². The van der Waals surface area contributed by atoms with Gasteiger partial charge in [-0.3, -0.25) is 14.6 Å². The second-order valence-corrected chi connectivity index (χ2v) is 8.18. The van der Waals surface area contributed by atoms with Gasteiger partial charge in [0.25, 0.3) is 0 Å². The summed E-state index contributed by atoms with van der Waals surface area (Å²) in [6.45, 7) is 3.65. The molecule has 1 aliphatic heterocycles. The van der Waals surface area contributed by atoms with Gasteiger partial charge < -0.3 is 4.90 Å². The first-order valence-electron chi connectivity index (χ1n) is 7.86. The summed E-state index contributed by atoms with van der Waals surface area (Å²) in [5.74, 6) is 0.0421. The highest BCUT2D eigenvalue weighted by Gasteiger charge is 2.31. The number of aromatic nitrogens is 4. The van der Waals surface area contributed by atoms with Gasteiger partial charge in [0.05, 0.1) is 11.9 Å². The van der Waals surface area contributed by atoms with Gasteiger partial charge in [0.15, 0.2) is 9.84 Å². The van der Waals surface area contributed by atoms with Gasteiger partial charge in [-0.25, -0.2) is 8.42 Å². The molecule has 1 saturated heterocycles. The van der Waals surface area contributed by atoms with Crippen molar-refractivity contribution in [1.29, 1.82) is 0 Å². The van der Waals surface area contributed by atoms with Crippen LogP contribution >= 0.6 is 0 Å². The molecule has 0 radical (unpaired) electrons. The molecule has 0 unspecified atom stereocenters. The molecule has 1 aliphatic rings. The summed E-state index contributed by atoms with van der Waals surface area (Å²) in [6.07, 6.45) is 5.35. The smallest absolute Gasteiger partial charge is 0.224 e. The average Bonchev–Trinajstić information content (AvgIpc) is 3.24. The lowest BCUT2D eigenvalue weighted by Crippen LogP contribution is -2.29. The van der Waals surface area contributed by atoms with Gasteiger partial charge in [-0.2, -0.15) is 10.2 Å². The molecule has 8 nitrogen and oxygen atoms in total. The summed E-state index contributed by atoms with van der Waals surface area (Å²) in [5, 5.41) is 10.8. The van der Waals surface area contributed by atoms with E-state index >= 15 is 0 Å². The molecule has 1 amide bonds. The Balaban J connectivity index is 1.62. The van der Waals surface area contributed by atoms with Crippen molar-refractivity contribution in [1.82, 2.24) is 24.9 Å². The number of carbonyl (C=O) groups excluding carboxylic acids is 1. The largest absolute Gasteiger partial charge is 0.342 e. The first kappa shape index (κ1) is 16.7. The number of amides is 1. The number of nitrogens with zero attached hydrogens (tertiary/aromatic N) is 4. The third-order valence-electron chi connectivity index (χ3n) is 4.45. The Morgan fingerprint density at radius 3 is 2.92 bits per heavy atom. The normalized spacial score (nSPS) is 18.2. The van der Waals surface area contributed by atoms with Crippen molar-refractivity contribution < 1.29 is 13.2 Å². The molecule has 3 heterocycles. The summed E-state index contributed by atoms with van der Waals surface area (Å²) >= 11 is 0. The van der Waals surface area contributed by atoms with Gasteiger partial charge in [0, 0.05) is 50.1 Å². The van der Waals surface area contributed by atoms with E-state index in [4.69, 9.17) is 0 Å². The number of hydrogen-bond donors (Lipinski definition) is 1. The molecule has 0 aliphatic carbocycles. The van der Waals surface area contributed by atoms with Gasteiger partial charge in [-0.15, -0.1) is 0 Å². The fourth-order valence-electron chi connectivity index (χ4n) is 3.09. The first-order chi connectivity index (χ1) is 11.4. The fourth-order valence-corrected chi connectivity index (χ4v) is 3.94. The highest BCUT2D eigenvalue weighted by Crippen LogP contribution is 2.30. The van der Waals surface area contributed by atoms with Crippen LogP contribution in [0.15, 0.2) is 23.4 Å². The van der Waals surface area contributed by atoms with Crippen molar-refractivity contribution in [2.75, 3.05) is 19.3 Å². The molecule has 0 aromatic carbocycles. The van der Waals surface area contributed by atoms with E-state index in [0.29, 0.717) is 31.7 Å². The number of aromatic amines is 1. The monoisotopic (exact) mass is 351 g/mol. The van der Waals surface area contributed by atoms with Gasteiger partial charge >= 0.3 is 0 Å². The Bertz CT molecular complexity index is 839. The molecule has 1 N–H and O–H groups in total. The number of sulfone groups is 1. The second-order valence-electron chi connectivity index (χ2n) is 6.19. The maximum absolute atomic E-state index is 12.4. The fraction of sp³-hybridized carbons (Fsp3) is 0.533. The van der Waals surface area contributed by atoms with E-state index in [2.05, 4.69) is 15.3 Å². The van der Waals surface area contributed by atoms with Crippen molar-refractivity contribution in [3.63, 3.8) is 0 Å². The molecule has 2 aromatic rings. The van der Waals surface area contributed by atoms with Crippen molar-refractivity contribution in [3.8, 4) is 0 Å². The first-order valence-corrected chi connectivity index (χ1v) is 9.75. The van der Waals surface area contributed by atoms with Gasteiger partial charge in [-0.1, -0.05) is 0 Å². The van der Waals surface area contributed by atoms with Crippen LogP contribution in [0.5, 0.6) is 0 Å². The van der Waals surface area contributed by atoms with Crippen LogP contribution in [-0.4, -0.2) is 58.5 Å². The van der Waals surface area contributed by atoms with Crippen molar-refractivity contribution in [2.24, 2.45) is 0 Å². The molecule has 0 bridgehead atoms. The summed E-state index contributed by atoms with van der Waals surface area (Å²) < 4.78 is 25.4. The van der Waals surface area contributed by atoms with E-state index in [1.54, 1.807) is 11.1 Å². The second kappa shape index (κ2) is 6.39. The Hall–Kier alpha value is -2.16. The van der Waals surface area contributed by atoms with E-state index in [1.807, 2.05) is 17.7 Å². The average molecular weight is 351 g/mol. The highest BCUT2D eigenvalue weighted by molar-refractivity contribution is 7.90. The molecule has 130 valence electrons. The molecule has 9 heteroatoms. The third-order valence-corrected chi connectivity index (χ3v) is 5.57. The number of H-pyrrole nitrogens is 1. The molecule has 1 atom stereocenters. The minimum absolute atomic E-state index is 0.0207. The Morgan fingerprint density at radius 1 is 1.46 bits per heavy atom. The lowest BCUT2D eigenvalue weighted by Gasteiger charge is -2.17. The molecule has 3 rings (SSSR count). The van der Waals surface area contributed by atoms with E-state index in [1.165, 1.54) is 12.5 Å². The predicted octanol–water partition coefficient (Wildman–Crippen LogP) is 0.724. The number of aryl methyl sites for hydroxylation is 2. The van der Waals surface area contributed by atoms with Crippen molar-refractivity contribution in [3.05, 3.63) is 29.8 Å². The van der Waals surface area contributed by atoms with Crippen LogP contribution in [0.25, 0.3) is 0 Å². The van der Waals surface area contributed by atoms with Crippen LogP contribution in [0.2, 0.25) is 0 Å². The molecule has 1 fully saturated rings. The zero-order valence-corrected chi connectivity index (χ0v) is 14.6. The number of hydrogen-bond acceptors (Lipinski definition) is 5. The lowest BCUT2D eigenvalue weighted by molar-refractivity contribution is -0.130. The topological polar surface area (TPSA) is 101 Å². The zero-order chi connectivity index (χ0) is 17.3. The predicted molar refractivity (Wildman–Crippen MR) is 87.2 cm³/mol. The van der Waals surface area contributed by atoms with Crippen LogP contribution < -0.4 is 0 Å². The van der Waals surface area contributed by atoms with Crippen molar-refractivity contribution >= 4 is 15.7 Å². The summed E-state index contributed by atoms with van der Waals surface area (Å²) in [5.41, 5.74) is 1.63. The molecule has 24 heavy (non-hydrogen) atoms. The number of rotatable bonds is 5. The molecular weight excluding hydrogens is 330 g/mol. The van der Waals surface area contributed by atoms with Gasteiger partial charge in [0.2, 0.25) is 5.91 Å². The molecular formula is C15H21N5O3S. The Labute approximate surface area is 140 Å². The van der Waals surface area contributed by atoms with Gasteiger partial charge in [0.1, 0.15) is 4.90 Å². The Morgan fingerprint density at radius 2 is 2.25 bits per heavy atom. The summed E-state index contributed by atoms with van der Waals surface area (Å²) in [6, 6.07) is 1.90. The van der Waals surface area contributed by atoms with Crippen LogP contribution in [0, 0.1) is 6.92 Å². The standard InChI is InChI=1S/C15H21N5O3S/c1-11-3-6-17-20(11)8-5-14(21)19-7-4-12(10-19)15-13(9-16-18-15)24(2,22)23/h3,6,9,12H,4-5,7-8,10H2,1-2H3,(H,16,18)/t12-/m0/s1. The van der Waals surface area contributed by atoms with Crippen LogP contribution in [0.4, 0.5) is 0 Å². The van der Waals surface area contributed by atoms with E-state index in [9.17, 15) is 13.2 Å². The zero-order valence-electron chi connectivity index (χ0n) is 13.8. The van der Waals surface area contributed by atoms with E-state index < -0.39 is 9.84 Å². The van der Waals surface area contributed by atoms with E-state index in [-0.39, 0.29) is 16.7 Å². The van der Waals surface area contributed by atoms with E-state index in [0.717, 1.165) is 12.1 Å². The Kier molecular flexibility index (Phi) is 4.44. The third kappa shape index (κ3) is 3.35. The van der Waals surface area contributed by atoms with Crippen LogP contribution in [0.3, 0.4) is 0 Å². The number of nitrogens with one attached hydrogen (secondary N) is 1. The number of likely N-dealkylation sites (tertiary alicyclic amines) is 1. The minimum atomic E-state index is -3.32. The number of carbonyl (C=O) groups is 1. The SMILES string of the molecule is Cc1ccnn1CCC(=O)N1CC[C@H](c2[nH]ncc2S(C)(=O)=O)C1. The lowest BCUT2D eigenvalue weighted by atomic mass is 10.1. The molecule has 2 aromatic heterocycles. The van der Waals surface area contributed by atoms with Gasteiger partial charge in [-0.05, 0) is 19.4 Å². The molecule has 0 saturated carbocycles. The molecule has 0 spiro atoms. The minimum Gasteiger partial charge on any atom is -0.342 e. The summed E-state index contributed by atoms with van der Waals surface area (Å²) in [4.78, 5) is 14.4. The maximum Gasteiger partial charge on any atom is 0.224 e. The summed E-state index contributed by atoms with van der Waals surface area (Å²) in [7, 11) is -3.32. The quantitative estimate of drug-likeness (QED) is 0.855. The van der Waals surface area contributed by atoms with Crippen molar-refractivity contribution in [2.45, 2.75) is 37.1 Å².